The van der Waals surface area contributed by atoms with E-state index in [1.807, 2.05) is 0 Å². The Hall–Kier alpha value is -5.29. The molecule has 4 nitrogen and oxygen atoms in total. The Balaban J connectivity index is 1.52. The van der Waals surface area contributed by atoms with Crippen molar-refractivity contribution in [3.05, 3.63) is 116 Å². The molecule has 0 spiro atoms. The predicted octanol–water partition coefficient (Wildman–Crippen LogP) is 13.6. The third-order valence-corrected chi connectivity index (χ3v) is 15.2. The summed E-state index contributed by atoms with van der Waals surface area (Å²) < 4.78 is 7.74. The maximum atomic E-state index is 16.2. The third-order valence-electron chi connectivity index (χ3n) is 15.2. The van der Waals surface area contributed by atoms with Gasteiger partial charge < -0.3 is 0 Å². The van der Waals surface area contributed by atoms with Crippen LogP contribution in [0, 0.1) is 10.8 Å². The van der Waals surface area contributed by atoms with Gasteiger partial charge in [-0.25, -0.2) is 0 Å². The minimum Gasteiger partial charge on any atom is -0.294 e. The highest BCUT2D eigenvalue weighted by molar-refractivity contribution is 7.03. The van der Waals surface area contributed by atoms with Gasteiger partial charge in [-0.05, 0) is 149 Å². The Morgan fingerprint density at radius 2 is 0.939 bits per heavy atom. The van der Waals surface area contributed by atoms with E-state index in [1.54, 1.807) is 0 Å². The topological polar surface area (TPSA) is 30.3 Å². The van der Waals surface area contributed by atoms with Crippen LogP contribution in [0.1, 0.15) is 158 Å². The lowest BCUT2D eigenvalue weighted by Crippen LogP contribution is -2.52. The van der Waals surface area contributed by atoms with E-state index in [2.05, 4.69) is 211 Å². The van der Waals surface area contributed by atoms with Crippen LogP contribution in [-0.4, -0.2) is 19.9 Å². The molecule has 0 atom stereocenters. The first-order valence-electron chi connectivity index (χ1n) is 24.7. The molecule has 338 valence electrons. The molecule has 0 N–H and O–H groups in total. The predicted molar refractivity (Wildman–Crippen MR) is 287 cm³/mol. The standard InChI is InChI=1S/C61H70BN3O/c1-56(2,3)31-33-25-46-47(26-34(33)32-57(4,5)6)64-45-24-21-37(60(13,14)15)29-40(45)50-55(64)65-52-41(53(66)49-39-28-36(59(10,11)12)20-23-44(39)63(46)54(49)65)30-42(61(16,17)18)48-38-27-35(58(7,8)9)19-22-43(38)62(50)51(48)52/h19-30H,31-32H2,1-18H3. The van der Waals surface area contributed by atoms with E-state index < -0.39 is 0 Å². The lowest BCUT2D eigenvalue weighted by Gasteiger charge is -2.27. The fourth-order valence-electron chi connectivity index (χ4n) is 12.1. The van der Waals surface area contributed by atoms with E-state index in [4.69, 9.17) is 0 Å². The molecule has 9 aromatic rings. The van der Waals surface area contributed by atoms with Gasteiger partial charge in [0.15, 0.2) is 5.43 Å². The van der Waals surface area contributed by atoms with Crippen LogP contribution in [0.5, 0.6) is 0 Å². The van der Waals surface area contributed by atoms with E-state index in [1.165, 1.54) is 83.0 Å². The molecule has 0 saturated heterocycles. The number of hydrogen-bond acceptors (Lipinski definition) is 1. The Bertz CT molecular complexity index is 3710. The number of aromatic nitrogens is 3. The van der Waals surface area contributed by atoms with Crippen molar-refractivity contribution in [1.82, 2.24) is 13.2 Å². The van der Waals surface area contributed by atoms with Crippen LogP contribution in [0.4, 0.5) is 0 Å². The van der Waals surface area contributed by atoms with Crippen LogP contribution < -0.4 is 21.8 Å². The minimum atomic E-state index is -0.228. The van der Waals surface area contributed by atoms with Crippen LogP contribution in [0.25, 0.3) is 71.5 Å². The molecular formula is C61H70BN3O. The summed E-state index contributed by atoms with van der Waals surface area (Å²) >= 11 is 0. The summed E-state index contributed by atoms with van der Waals surface area (Å²) in [6, 6.07) is 29.0. The average molecular weight is 872 g/mol. The van der Waals surface area contributed by atoms with Crippen molar-refractivity contribution in [2.75, 3.05) is 0 Å². The monoisotopic (exact) mass is 872 g/mol. The van der Waals surface area contributed by atoms with Crippen molar-refractivity contribution in [2.24, 2.45) is 10.8 Å². The minimum absolute atomic E-state index is 0.0305. The molecule has 2 aliphatic rings. The summed E-state index contributed by atoms with van der Waals surface area (Å²) in [6.07, 6.45) is 1.91. The second kappa shape index (κ2) is 13.0. The largest absolute Gasteiger partial charge is 0.294 e. The second-order valence-corrected chi connectivity index (χ2v) is 27.2. The number of hydrogen-bond donors (Lipinski definition) is 0. The number of rotatable bonds is 2. The zero-order valence-corrected chi connectivity index (χ0v) is 43.2. The highest BCUT2D eigenvalue weighted by atomic mass is 16.1. The molecule has 0 amide bonds. The van der Waals surface area contributed by atoms with E-state index >= 15 is 4.79 Å². The molecule has 0 saturated carbocycles. The zero-order chi connectivity index (χ0) is 47.5. The molecule has 0 radical (unpaired) electrons. The summed E-state index contributed by atoms with van der Waals surface area (Å²) in [6.45, 7) is 42.0. The molecule has 2 aliphatic heterocycles. The zero-order valence-electron chi connectivity index (χ0n) is 43.2. The quantitative estimate of drug-likeness (QED) is 0.159. The first-order chi connectivity index (χ1) is 30.4. The molecule has 6 heterocycles. The van der Waals surface area contributed by atoms with Gasteiger partial charge in [-0.2, -0.15) is 0 Å². The van der Waals surface area contributed by atoms with Gasteiger partial charge in [0, 0.05) is 10.8 Å². The SMILES string of the molecule is CC(C)(C)Cc1cc2c(cc1CC(C)(C)C)n1c3ccc(C(C)(C)C)cc3c3c(=O)c4cc(C(C)(C)C)c5c6c4n(c4c(c7cc(C(C)(C)C)ccc7n24)B6c2ccc(C(C)(C)C)cc2-5)c31. The normalized spacial score (nSPS) is 14.7. The average Bonchev–Trinajstić information content (AvgIpc) is 3.79. The fraction of sp³-hybridized carbons (Fsp3) is 0.426. The van der Waals surface area contributed by atoms with E-state index in [0.29, 0.717) is 0 Å². The molecule has 11 rings (SSSR count). The summed E-state index contributed by atoms with van der Waals surface area (Å²) in [5, 5.41) is 3.98. The summed E-state index contributed by atoms with van der Waals surface area (Å²) in [5.41, 5.74) is 22.3. The first-order valence-corrected chi connectivity index (χ1v) is 24.7. The first kappa shape index (κ1) is 43.3. The molecule has 4 aromatic heterocycles. The Morgan fingerprint density at radius 1 is 0.455 bits per heavy atom. The molecule has 0 fully saturated rings. The van der Waals surface area contributed by atoms with Crippen molar-refractivity contribution in [3.63, 3.8) is 0 Å². The van der Waals surface area contributed by atoms with Crippen LogP contribution >= 0.6 is 0 Å². The van der Waals surface area contributed by atoms with E-state index in [-0.39, 0.29) is 44.6 Å². The maximum absolute atomic E-state index is 16.2. The van der Waals surface area contributed by atoms with Crippen molar-refractivity contribution < 1.29 is 0 Å². The van der Waals surface area contributed by atoms with E-state index in [0.717, 1.165) is 51.2 Å². The molecular weight excluding hydrogens is 802 g/mol. The highest BCUT2D eigenvalue weighted by Crippen LogP contribution is 2.45. The molecule has 0 unspecified atom stereocenters. The molecule has 5 aromatic carbocycles. The molecule has 0 bridgehead atoms. The lowest BCUT2D eigenvalue weighted by molar-refractivity contribution is 0.392. The van der Waals surface area contributed by atoms with Crippen LogP contribution in [0.2, 0.25) is 0 Å². The Kier molecular flexibility index (Phi) is 8.54. The van der Waals surface area contributed by atoms with E-state index in [9.17, 15) is 0 Å². The molecule has 5 heteroatoms. The van der Waals surface area contributed by atoms with Crippen LogP contribution in [0.3, 0.4) is 0 Å². The number of nitrogens with zero attached hydrogens (tertiary/aromatic N) is 3. The van der Waals surface area contributed by atoms with Gasteiger partial charge >= 0.3 is 0 Å². The van der Waals surface area contributed by atoms with Gasteiger partial charge in [0.2, 0.25) is 0 Å². The number of pyridine rings is 1. The fourth-order valence-corrected chi connectivity index (χ4v) is 12.1. The summed E-state index contributed by atoms with van der Waals surface area (Å²) in [5.74, 6) is 0. The third kappa shape index (κ3) is 6.06. The van der Waals surface area contributed by atoms with Gasteiger partial charge in [0.05, 0.1) is 33.0 Å². The summed E-state index contributed by atoms with van der Waals surface area (Å²) in [7, 11) is 0. The molecule has 0 aliphatic carbocycles. The second-order valence-electron chi connectivity index (χ2n) is 27.2. The smallest absolute Gasteiger partial charge is 0.251 e. The number of benzene rings is 5. The maximum Gasteiger partial charge on any atom is 0.251 e. The van der Waals surface area contributed by atoms with Crippen molar-refractivity contribution in [1.29, 1.82) is 0 Å². The van der Waals surface area contributed by atoms with Gasteiger partial charge in [0.25, 0.3) is 6.71 Å². The highest BCUT2D eigenvalue weighted by Gasteiger charge is 2.46. The van der Waals surface area contributed by atoms with Crippen LogP contribution in [0.15, 0.2) is 77.6 Å². The lowest BCUT2D eigenvalue weighted by atomic mass is 9.37. The van der Waals surface area contributed by atoms with Gasteiger partial charge in [-0.1, -0.05) is 160 Å². The van der Waals surface area contributed by atoms with Crippen molar-refractivity contribution in [2.45, 2.75) is 159 Å². The van der Waals surface area contributed by atoms with Crippen LogP contribution in [-0.2, 0) is 34.5 Å². The van der Waals surface area contributed by atoms with Gasteiger partial charge in [-0.3, -0.25) is 18.0 Å². The summed E-state index contributed by atoms with van der Waals surface area (Å²) in [4.78, 5) is 16.2. The van der Waals surface area contributed by atoms with Crippen molar-refractivity contribution in [3.8, 4) is 11.1 Å². The van der Waals surface area contributed by atoms with Gasteiger partial charge in [-0.15, -0.1) is 0 Å². The van der Waals surface area contributed by atoms with Gasteiger partial charge in [0.1, 0.15) is 11.3 Å². The Morgan fingerprint density at radius 3 is 1.45 bits per heavy atom. The Labute approximate surface area is 392 Å². The number of fused-ring (bicyclic) bond motifs is 13. The van der Waals surface area contributed by atoms with Crippen molar-refractivity contribution >= 4 is 83.5 Å². The molecule has 66 heavy (non-hydrogen) atoms.